The molecule has 0 aliphatic heterocycles. The van der Waals surface area contributed by atoms with Gasteiger partial charge in [-0.15, -0.1) is 11.3 Å². The molecule has 0 spiro atoms. The molecule has 0 aliphatic rings. The molecule has 1 aromatic heterocycles. The van der Waals surface area contributed by atoms with Crippen molar-refractivity contribution in [3.8, 4) is 0 Å². The quantitative estimate of drug-likeness (QED) is 0.661. The van der Waals surface area contributed by atoms with Gasteiger partial charge in [-0.2, -0.15) is 0 Å². The van der Waals surface area contributed by atoms with Crippen molar-refractivity contribution < 1.29 is 9.72 Å². The van der Waals surface area contributed by atoms with E-state index in [-0.39, 0.29) is 16.7 Å². The molecular formula is C17H21N3O3S. The van der Waals surface area contributed by atoms with E-state index in [0.717, 1.165) is 10.7 Å². The van der Waals surface area contributed by atoms with E-state index in [4.69, 9.17) is 0 Å². The van der Waals surface area contributed by atoms with Gasteiger partial charge >= 0.3 is 0 Å². The van der Waals surface area contributed by atoms with Crippen LogP contribution in [0.1, 0.15) is 47.4 Å². The second-order valence-electron chi connectivity index (χ2n) is 6.61. The van der Waals surface area contributed by atoms with Crippen LogP contribution >= 0.6 is 11.3 Å². The number of para-hydroxylation sites is 1. The lowest BCUT2D eigenvalue weighted by molar-refractivity contribution is -0.385. The number of carbonyl (C=O) groups is 1. The molecule has 0 saturated carbocycles. The summed E-state index contributed by atoms with van der Waals surface area (Å²) in [5, 5.41) is 16.9. The molecule has 0 aliphatic carbocycles. The number of nitro benzene ring substituents is 1. The largest absolute Gasteiger partial charge is 0.351 e. The number of aryl methyl sites for hydroxylation is 1. The number of benzene rings is 1. The first-order valence-corrected chi connectivity index (χ1v) is 8.55. The monoisotopic (exact) mass is 347 g/mol. The maximum absolute atomic E-state index is 12.2. The molecule has 24 heavy (non-hydrogen) atoms. The highest BCUT2D eigenvalue weighted by Gasteiger charge is 2.22. The van der Waals surface area contributed by atoms with Crippen molar-refractivity contribution >= 4 is 22.9 Å². The zero-order valence-electron chi connectivity index (χ0n) is 14.3. The highest BCUT2D eigenvalue weighted by molar-refractivity contribution is 7.09. The minimum Gasteiger partial charge on any atom is -0.351 e. The van der Waals surface area contributed by atoms with Crippen LogP contribution in [0.4, 0.5) is 5.69 Å². The van der Waals surface area contributed by atoms with Gasteiger partial charge < -0.3 is 5.32 Å². The van der Waals surface area contributed by atoms with Crippen molar-refractivity contribution in [2.75, 3.05) is 6.54 Å². The van der Waals surface area contributed by atoms with Crippen LogP contribution in [0.2, 0.25) is 0 Å². The summed E-state index contributed by atoms with van der Waals surface area (Å²) in [4.78, 5) is 27.5. The summed E-state index contributed by atoms with van der Waals surface area (Å²) in [6, 6.07) is 4.74. The molecule has 128 valence electrons. The molecule has 2 aromatic rings. The van der Waals surface area contributed by atoms with Gasteiger partial charge in [0.1, 0.15) is 5.56 Å². The van der Waals surface area contributed by atoms with Gasteiger partial charge in [0.05, 0.1) is 15.6 Å². The van der Waals surface area contributed by atoms with Crippen LogP contribution in [0.15, 0.2) is 23.6 Å². The minimum absolute atomic E-state index is 0.000174. The number of nitro groups is 1. The van der Waals surface area contributed by atoms with Crippen LogP contribution in [0.25, 0.3) is 0 Å². The fourth-order valence-corrected chi connectivity index (χ4v) is 3.26. The molecule has 0 saturated heterocycles. The lowest BCUT2D eigenvalue weighted by Crippen LogP contribution is -2.26. The van der Waals surface area contributed by atoms with Crippen molar-refractivity contribution in [1.29, 1.82) is 0 Å². The SMILES string of the molecule is Cc1cccc(C(=O)NCCc2nc(C(C)(C)C)cs2)c1[N+](=O)[O-]. The lowest BCUT2D eigenvalue weighted by Gasteiger charge is -2.14. The van der Waals surface area contributed by atoms with Gasteiger partial charge in [-0.05, 0) is 13.0 Å². The van der Waals surface area contributed by atoms with Crippen LogP contribution in [0.5, 0.6) is 0 Å². The number of aromatic nitrogens is 1. The first-order chi connectivity index (χ1) is 11.2. The third-order valence-corrected chi connectivity index (χ3v) is 4.52. The number of carbonyl (C=O) groups excluding carboxylic acids is 1. The number of nitrogens with one attached hydrogen (secondary N) is 1. The summed E-state index contributed by atoms with van der Waals surface area (Å²) in [6.45, 7) is 8.32. The van der Waals surface area contributed by atoms with Crippen LogP contribution in [0, 0.1) is 17.0 Å². The average molecular weight is 347 g/mol. The second-order valence-corrected chi connectivity index (χ2v) is 7.55. The van der Waals surface area contributed by atoms with Crippen molar-refractivity contribution in [1.82, 2.24) is 10.3 Å². The fourth-order valence-electron chi connectivity index (χ4n) is 2.23. The zero-order chi connectivity index (χ0) is 17.9. The highest BCUT2D eigenvalue weighted by Crippen LogP contribution is 2.24. The number of hydrogen-bond donors (Lipinski definition) is 1. The van der Waals surface area contributed by atoms with E-state index in [0.29, 0.717) is 18.5 Å². The lowest BCUT2D eigenvalue weighted by atomic mass is 9.93. The summed E-state index contributed by atoms with van der Waals surface area (Å²) >= 11 is 1.56. The van der Waals surface area contributed by atoms with Crippen LogP contribution in [-0.2, 0) is 11.8 Å². The molecule has 2 rings (SSSR count). The standard InChI is InChI=1S/C17H21N3O3S/c1-11-6-5-7-12(15(11)20(22)23)16(21)18-9-8-14-19-13(10-24-14)17(2,3)4/h5-7,10H,8-9H2,1-4H3,(H,18,21). The molecule has 1 aromatic carbocycles. The minimum atomic E-state index is -0.513. The normalized spacial score (nSPS) is 11.3. The number of thiazole rings is 1. The van der Waals surface area contributed by atoms with Gasteiger partial charge in [0.2, 0.25) is 0 Å². The molecule has 0 bridgehead atoms. The maximum atomic E-state index is 12.2. The Kier molecular flexibility index (Phi) is 5.33. The number of amides is 1. The summed E-state index contributed by atoms with van der Waals surface area (Å²) in [5.41, 5.74) is 1.46. The number of rotatable bonds is 5. The first kappa shape index (κ1) is 18.1. The van der Waals surface area contributed by atoms with Crippen molar-refractivity contribution in [2.45, 2.75) is 39.5 Å². The van der Waals surface area contributed by atoms with Crippen molar-refractivity contribution in [3.05, 3.63) is 55.5 Å². The molecule has 6 nitrogen and oxygen atoms in total. The van der Waals surface area contributed by atoms with Crippen molar-refractivity contribution in [2.24, 2.45) is 0 Å². The highest BCUT2D eigenvalue weighted by atomic mass is 32.1. The number of hydrogen-bond acceptors (Lipinski definition) is 5. The summed E-state index contributed by atoms with van der Waals surface area (Å²) in [7, 11) is 0. The first-order valence-electron chi connectivity index (χ1n) is 7.67. The van der Waals surface area contributed by atoms with Gasteiger partial charge in [0.15, 0.2) is 0 Å². The van der Waals surface area contributed by atoms with Gasteiger partial charge in [-0.25, -0.2) is 4.98 Å². The van der Waals surface area contributed by atoms with E-state index in [2.05, 4.69) is 31.1 Å². The van der Waals surface area contributed by atoms with E-state index in [1.807, 2.05) is 5.38 Å². The van der Waals surface area contributed by atoms with Crippen molar-refractivity contribution in [3.63, 3.8) is 0 Å². The molecule has 0 atom stereocenters. The Labute approximate surface area is 145 Å². The third kappa shape index (κ3) is 4.17. The Hall–Kier alpha value is -2.28. The van der Waals surface area contributed by atoms with E-state index in [9.17, 15) is 14.9 Å². The molecule has 1 N–H and O–H groups in total. The smallest absolute Gasteiger partial charge is 0.285 e. The Bertz CT molecular complexity index is 763. The average Bonchev–Trinajstić information content (AvgIpc) is 2.95. The van der Waals surface area contributed by atoms with E-state index >= 15 is 0 Å². The number of nitrogens with zero attached hydrogens (tertiary/aromatic N) is 2. The Morgan fingerprint density at radius 2 is 2.08 bits per heavy atom. The third-order valence-electron chi connectivity index (χ3n) is 3.61. The predicted molar refractivity (Wildman–Crippen MR) is 94.7 cm³/mol. The molecule has 7 heteroatoms. The predicted octanol–water partition coefficient (Wildman–Crippen LogP) is 3.63. The fraction of sp³-hybridized carbons (Fsp3) is 0.412. The van der Waals surface area contributed by atoms with Gasteiger partial charge in [0, 0.05) is 29.3 Å². The molecule has 1 heterocycles. The van der Waals surface area contributed by atoms with E-state index in [1.165, 1.54) is 6.07 Å². The summed E-state index contributed by atoms with van der Waals surface area (Å²) in [5.74, 6) is -0.432. The summed E-state index contributed by atoms with van der Waals surface area (Å²) < 4.78 is 0. The molecule has 0 radical (unpaired) electrons. The Morgan fingerprint density at radius 1 is 1.38 bits per heavy atom. The Balaban J connectivity index is 2.01. The Morgan fingerprint density at radius 3 is 2.67 bits per heavy atom. The van der Waals surface area contributed by atoms with Crippen LogP contribution in [-0.4, -0.2) is 22.4 Å². The maximum Gasteiger partial charge on any atom is 0.285 e. The second kappa shape index (κ2) is 7.09. The van der Waals surface area contributed by atoms with E-state index < -0.39 is 10.8 Å². The zero-order valence-corrected chi connectivity index (χ0v) is 15.1. The molecule has 0 unspecified atom stereocenters. The molecular weight excluding hydrogens is 326 g/mol. The van der Waals surface area contributed by atoms with Gasteiger partial charge in [0.25, 0.3) is 11.6 Å². The topological polar surface area (TPSA) is 85.1 Å². The van der Waals surface area contributed by atoms with Crippen LogP contribution in [0.3, 0.4) is 0 Å². The van der Waals surface area contributed by atoms with Crippen LogP contribution < -0.4 is 5.32 Å². The molecule has 0 fully saturated rings. The van der Waals surface area contributed by atoms with E-state index in [1.54, 1.807) is 30.4 Å². The van der Waals surface area contributed by atoms with Gasteiger partial charge in [-0.1, -0.05) is 32.9 Å². The molecule has 1 amide bonds. The van der Waals surface area contributed by atoms with Gasteiger partial charge in [-0.3, -0.25) is 14.9 Å². The summed E-state index contributed by atoms with van der Waals surface area (Å²) in [6.07, 6.45) is 0.603.